The Bertz CT molecular complexity index is 2510. The van der Waals surface area contributed by atoms with E-state index < -0.39 is 70.7 Å². The monoisotopic (exact) mass is 831 g/mol. The first-order chi connectivity index (χ1) is 29.0. The number of nitrogens with zero attached hydrogens (tertiary/aromatic N) is 2. The Balaban J connectivity index is 1.19. The number of carboxylic acid groups (broad SMARTS) is 1. The van der Waals surface area contributed by atoms with Gasteiger partial charge in [-0.05, 0) is 105 Å². The predicted molar refractivity (Wildman–Crippen MR) is 220 cm³/mol. The first-order valence-corrected chi connectivity index (χ1v) is 18.1. The highest BCUT2D eigenvalue weighted by Crippen LogP contribution is 2.28. The molecule has 8 N–H and O–H groups in total. The number of amides is 6. The van der Waals surface area contributed by atoms with Gasteiger partial charge in [0.15, 0.2) is 0 Å². The van der Waals surface area contributed by atoms with Crippen LogP contribution >= 0.6 is 0 Å². The van der Waals surface area contributed by atoms with Gasteiger partial charge in [0.25, 0.3) is 29.3 Å². The molecule has 1 atom stereocenters. The Labute approximate surface area is 346 Å². The van der Waals surface area contributed by atoms with Gasteiger partial charge < -0.3 is 37.2 Å². The summed E-state index contributed by atoms with van der Waals surface area (Å²) in [6, 6.07) is 24.0. The van der Waals surface area contributed by atoms with Gasteiger partial charge in [-0.1, -0.05) is 12.1 Å². The van der Waals surface area contributed by atoms with Crippen molar-refractivity contribution in [1.82, 2.24) is 5.32 Å². The number of para-hydroxylation sites is 1. The van der Waals surface area contributed by atoms with Gasteiger partial charge in [0, 0.05) is 40.3 Å². The number of hydrogen-bond donors (Lipinski definition) is 7. The third-order valence-electron chi connectivity index (χ3n) is 8.53. The molecule has 61 heavy (non-hydrogen) atoms. The molecule has 0 spiro atoms. The minimum atomic E-state index is -1.42. The quantitative estimate of drug-likeness (QED) is 0.0505. The molecular formula is C42H37N7O12. The number of carbonyl (C=O) groups is 7. The number of aromatic hydroxyl groups is 1. The van der Waals surface area contributed by atoms with Gasteiger partial charge >= 0.3 is 5.97 Å². The molecule has 0 radical (unpaired) electrons. The molecular weight excluding hydrogens is 794 g/mol. The summed E-state index contributed by atoms with van der Waals surface area (Å²) in [5, 5.41) is 42.3. The fourth-order valence-corrected chi connectivity index (χ4v) is 5.59. The average Bonchev–Trinajstić information content (AvgIpc) is 3.22. The van der Waals surface area contributed by atoms with Crippen LogP contribution in [0.3, 0.4) is 0 Å². The highest BCUT2D eigenvalue weighted by molar-refractivity contribution is 6.09. The van der Waals surface area contributed by atoms with E-state index in [0.717, 1.165) is 11.1 Å². The van der Waals surface area contributed by atoms with E-state index in [9.17, 15) is 53.9 Å². The number of nitro benzene ring substituents is 1. The fraction of sp³-hybridized carbons (Fsp3) is 0.119. The normalized spacial score (nSPS) is 11.1. The molecule has 0 saturated heterocycles. The number of benzene rings is 5. The van der Waals surface area contributed by atoms with Gasteiger partial charge in [-0.15, -0.1) is 0 Å². The van der Waals surface area contributed by atoms with E-state index in [-0.39, 0.29) is 56.3 Å². The summed E-state index contributed by atoms with van der Waals surface area (Å²) in [4.78, 5) is 105. The molecule has 19 heteroatoms. The second-order valence-corrected chi connectivity index (χ2v) is 13.4. The predicted octanol–water partition coefficient (Wildman–Crippen LogP) is 5.10. The number of primary amides is 1. The van der Waals surface area contributed by atoms with Gasteiger partial charge in [-0.25, -0.2) is 4.79 Å². The highest BCUT2D eigenvalue weighted by atomic mass is 16.7. The van der Waals surface area contributed by atoms with Crippen LogP contribution in [0.25, 0.3) is 0 Å². The Morgan fingerprint density at radius 2 is 1.25 bits per heavy atom. The molecule has 0 aliphatic carbocycles. The lowest BCUT2D eigenvalue weighted by Crippen LogP contribution is -2.46. The molecule has 0 fully saturated rings. The Hall–Kier alpha value is -8.45. The molecule has 0 aromatic heterocycles. The molecule has 1 unspecified atom stereocenters. The van der Waals surface area contributed by atoms with Crippen molar-refractivity contribution in [2.45, 2.75) is 32.4 Å². The Kier molecular flexibility index (Phi) is 13.8. The average molecular weight is 832 g/mol. The molecule has 0 aliphatic heterocycles. The zero-order valence-corrected chi connectivity index (χ0v) is 32.3. The van der Waals surface area contributed by atoms with Crippen molar-refractivity contribution in [3.63, 3.8) is 0 Å². The first-order valence-electron chi connectivity index (χ1n) is 18.1. The van der Waals surface area contributed by atoms with Gasteiger partial charge in [0.1, 0.15) is 17.4 Å². The minimum absolute atomic E-state index is 0.00528. The lowest BCUT2D eigenvalue weighted by molar-refractivity contribution is -0.385. The standard InChI is InChI=1S/C42H37N7O12/c1-23(2)61-48(30-18-11-26(12-19-30)42(57)58)41(56)32-20-17-29(21-35(32)50)46-37(52)24-7-15-28(16-8-24)45-40(55)33(22-36(43)51)47-38(53)25-9-13-27(14-10-25)44-39(54)31-5-3-4-6-34(31)49(59)60/h3-21,23,33,50H,22H2,1-2H3,(H2,43,51)(H,44,54)(H,45,55)(H,46,52)(H,47,53)(H,57,58). The number of carbonyl (C=O) groups excluding carboxylic acids is 6. The SMILES string of the molecule is CC(C)ON(C(=O)c1ccc(NC(=O)c2ccc(NC(=O)C(CC(N)=O)NC(=O)c3ccc(NC(=O)c4ccccc4[N+](=O)[O-])cc3)cc2)cc1O)c1ccc(C(=O)O)cc1. The van der Waals surface area contributed by atoms with E-state index in [1.165, 1.54) is 109 Å². The topological polar surface area (TPSA) is 290 Å². The fourth-order valence-electron chi connectivity index (χ4n) is 5.59. The van der Waals surface area contributed by atoms with Gasteiger partial charge in [-0.2, -0.15) is 5.06 Å². The Morgan fingerprint density at radius 1 is 0.705 bits per heavy atom. The van der Waals surface area contributed by atoms with Crippen molar-refractivity contribution in [1.29, 1.82) is 0 Å². The van der Waals surface area contributed by atoms with Crippen LogP contribution in [0.15, 0.2) is 115 Å². The maximum Gasteiger partial charge on any atom is 0.335 e. The van der Waals surface area contributed by atoms with Crippen molar-refractivity contribution in [2.75, 3.05) is 21.0 Å². The summed E-state index contributed by atoms with van der Waals surface area (Å²) in [5.41, 5.74) is 5.53. The number of nitro groups is 1. The summed E-state index contributed by atoms with van der Waals surface area (Å²) in [5.74, 6) is -6.23. The van der Waals surface area contributed by atoms with Crippen molar-refractivity contribution in [3.8, 4) is 5.75 Å². The smallest absolute Gasteiger partial charge is 0.335 e. The Morgan fingerprint density at radius 3 is 1.80 bits per heavy atom. The molecule has 312 valence electrons. The van der Waals surface area contributed by atoms with E-state index in [1.54, 1.807) is 13.8 Å². The van der Waals surface area contributed by atoms with E-state index in [1.807, 2.05) is 0 Å². The first kappa shape index (κ1) is 43.7. The largest absolute Gasteiger partial charge is 0.507 e. The maximum atomic E-state index is 13.4. The van der Waals surface area contributed by atoms with Crippen molar-refractivity contribution in [3.05, 3.63) is 153 Å². The van der Waals surface area contributed by atoms with Crippen LogP contribution in [-0.4, -0.2) is 68.7 Å². The second-order valence-electron chi connectivity index (χ2n) is 13.4. The van der Waals surface area contributed by atoms with Gasteiger partial charge in [-0.3, -0.25) is 43.7 Å². The van der Waals surface area contributed by atoms with Crippen LogP contribution in [0.2, 0.25) is 0 Å². The van der Waals surface area contributed by atoms with E-state index in [2.05, 4.69) is 21.3 Å². The molecule has 5 aromatic rings. The number of phenols is 1. The minimum Gasteiger partial charge on any atom is -0.507 e. The van der Waals surface area contributed by atoms with Gasteiger partial charge in [0.05, 0.1) is 34.3 Å². The van der Waals surface area contributed by atoms with Crippen molar-refractivity contribution >= 4 is 69.8 Å². The van der Waals surface area contributed by atoms with Crippen LogP contribution in [-0.2, 0) is 14.4 Å². The summed E-state index contributed by atoms with van der Waals surface area (Å²) in [6.07, 6.45) is -1.04. The third-order valence-corrected chi connectivity index (χ3v) is 8.53. The lowest BCUT2D eigenvalue weighted by atomic mass is 10.1. The van der Waals surface area contributed by atoms with E-state index in [4.69, 9.17) is 10.6 Å². The van der Waals surface area contributed by atoms with Crippen LogP contribution < -0.4 is 32.1 Å². The number of nitrogens with two attached hydrogens (primary N) is 1. The summed E-state index contributed by atoms with van der Waals surface area (Å²) in [7, 11) is 0. The second kappa shape index (κ2) is 19.3. The van der Waals surface area contributed by atoms with E-state index in [0.29, 0.717) is 0 Å². The summed E-state index contributed by atoms with van der Waals surface area (Å²) < 4.78 is 0. The number of nitrogens with one attached hydrogen (secondary N) is 4. The van der Waals surface area contributed by atoms with Gasteiger partial charge in [0.2, 0.25) is 11.8 Å². The maximum absolute atomic E-state index is 13.4. The number of phenolic OH excluding ortho intramolecular Hbond substituents is 1. The number of carboxylic acids is 1. The molecule has 0 heterocycles. The third kappa shape index (κ3) is 11.4. The van der Waals surface area contributed by atoms with Crippen molar-refractivity contribution in [2.24, 2.45) is 5.73 Å². The molecule has 5 aromatic carbocycles. The molecule has 19 nitrogen and oxygen atoms in total. The number of aromatic carboxylic acids is 1. The van der Waals surface area contributed by atoms with Crippen LogP contribution in [0.1, 0.15) is 72.1 Å². The number of hydroxylamine groups is 1. The molecule has 0 aliphatic rings. The summed E-state index contributed by atoms with van der Waals surface area (Å²) in [6.45, 7) is 3.35. The zero-order chi connectivity index (χ0) is 44.4. The van der Waals surface area contributed by atoms with E-state index >= 15 is 0 Å². The molecule has 0 bridgehead atoms. The van der Waals surface area contributed by atoms with Crippen LogP contribution in [0.4, 0.5) is 28.4 Å². The molecule has 5 rings (SSSR count). The lowest BCUT2D eigenvalue weighted by Gasteiger charge is -2.24. The number of rotatable bonds is 16. The number of anilines is 4. The summed E-state index contributed by atoms with van der Waals surface area (Å²) >= 11 is 0. The number of hydrogen-bond acceptors (Lipinski definition) is 11. The highest BCUT2D eigenvalue weighted by Gasteiger charge is 2.26. The zero-order valence-electron chi connectivity index (χ0n) is 32.3. The molecule has 0 saturated carbocycles. The van der Waals surface area contributed by atoms with Crippen LogP contribution in [0.5, 0.6) is 5.75 Å². The van der Waals surface area contributed by atoms with Crippen molar-refractivity contribution < 1.29 is 53.5 Å². The van der Waals surface area contributed by atoms with Crippen LogP contribution in [0, 0.1) is 10.1 Å². The molecule has 6 amide bonds.